The first-order chi connectivity index (χ1) is 16.5. The summed E-state index contributed by atoms with van der Waals surface area (Å²) in [5.74, 6) is 0.236. The molecule has 0 N–H and O–H groups in total. The molecule has 0 aromatic carbocycles. The predicted octanol–water partition coefficient (Wildman–Crippen LogP) is 6.36. The lowest BCUT2D eigenvalue weighted by Gasteiger charge is -2.35. The maximum atomic E-state index is 13.4. The molecule has 0 amide bonds. The molecular formula is C29H41N3O4. The zero-order valence-corrected chi connectivity index (χ0v) is 23.3. The van der Waals surface area contributed by atoms with Gasteiger partial charge in [0, 0.05) is 35.3 Å². The lowest BCUT2D eigenvalue weighted by Crippen LogP contribution is -2.36. The van der Waals surface area contributed by atoms with E-state index < -0.39 is 23.3 Å². The van der Waals surface area contributed by atoms with Gasteiger partial charge in [0.05, 0.1) is 0 Å². The summed E-state index contributed by atoms with van der Waals surface area (Å²) in [5.41, 5.74) is 1.30. The number of carbonyl (C=O) groups is 2. The van der Waals surface area contributed by atoms with E-state index in [0.29, 0.717) is 18.0 Å². The first kappa shape index (κ1) is 26.4. The van der Waals surface area contributed by atoms with Gasteiger partial charge in [-0.05, 0) is 89.8 Å². The summed E-state index contributed by atoms with van der Waals surface area (Å²) in [5, 5.41) is 0.802. The van der Waals surface area contributed by atoms with E-state index in [1.165, 1.54) is 11.0 Å². The highest BCUT2D eigenvalue weighted by atomic mass is 16.6. The highest BCUT2D eigenvalue weighted by molar-refractivity contribution is 5.96. The molecule has 0 unspecified atom stereocenters. The van der Waals surface area contributed by atoms with Gasteiger partial charge in [-0.2, -0.15) is 0 Å². The fourth-order valence-corrected chi connectivity index (χ4v) is 5.81. The number of aromatic nitrogens is 2. The molecule has 3 atom stereocenters. The quantitative estimate of drug-likeness (QED) is 0.461. The summed E-state index contributed by atoms with van der Waals surface area (Å²) in [4.78, 5) is 36.0. The van der Waals surface area contributed by atoms with Crippen molar-refractivity contribution in [2.45, 2.75) is 105 Å². The first-order valence-corrected chi connectivity index (χ1v) is 13.0. The van der Waals surface area contributed by atoms with Gasteiger partial charge in [0.15, 0.2) is 6.04 Å². The van der Waals surface area contributed by atoms with E-state index in [4.69, 9.17) is 14.5 Å². The monoisotopic (exact) mass is 495 g/mol. The van der Waals surface area contributed by atoms with E-state index in [0.717, 1.165) is 29.5 Å². The van der Waals surface area contributed by atoms with Gasteiger partial charge in [-0.3, -0.25) is 4.99 Å². The summed E-state index contributed by atoms with van der Waals surface area (Å²) in [6.45, 7) is 18.1. The van der Waals surface area contributed by atoms with Crippen LogP contribution in [0.2, 0.25) is 0 Å². The van der Waals surface area contributed by atoms with Crippen molar-refractivity contribution in [2.24, 2.45) is 21.7 Å². The fourth-order valence-electron chi connectivity index (χ4n) is 5.81. The minimum atomic E-state index is -0.705. The molecule has 36 heavy (non-hydrogen) atoms. The molecule has 7 heteroatoms. The highest BCUT2D eigenvalue weighted by Crippen LogP contribution is 2.64. The zero-order valence-electron chi connectivity index (χ0n) is 23.3. The van der Waals surface area contributed by atoms with Crippen LogP contribution in [0.5, 0.6) is 0 Å². The standard InChI is InChI=1S/C29H41N3O4/c1-26(2,3)35-24(33)21(31-22-16-19-12-13-29(22,9)28(19,7)8)15-18-17-32(25(34)36-27(4,5)6)23-20(18)11-10-14-30-23/h10-11,14,17,19,21H,12-13,15-16H2,1-9H3/t19-,21-,29+/m1/s1. The molecule has 2 bridgehead atoms. The number of rotatable bonds is 4. The molecule has 4 rings (SSSR count). The molecule has 2 aliphatic rings. The summed E-state index contributed by atoms with van der Waals surface area (Å²) < 4.78 is 12.9. The van der Waals surface area contributed by atoms with Crippen LogP contribution < -0.4 is 0 Å². The fraction of sp³-hybridized carbons (Fsp3) is 0.655. The van der Waals surface area contributed by atoms with Gasteiger partial charge in [-0.25, -0.2) is 19.1 Å². The number of hydrogen-bond acceptors (Lipinski definition) is 6. The largest absolute Gasteiger partial charge is 0.458 e. The Morgan fingerprint density at radius 3 is 2.36 bits per heavy atom. The third-order valence-corrected chi connectivity index (χ3v) is 8.15. The van der Waals surface area contributed by atoms with Crippen LogP contribution in [0.1, 0.15) is 87.1 Å². The van der Waals surface area contributed by atoms with Crippen LogP contribution in [0.4, 0.5) is 4.79 Å². The Labute approximate surface area is 214 Å². The van der Waals surface area contributed by atoms with Gasteiger partial charge in [-0.15, -0.1) is 0 Å². The van der Waals surface area contributed by atoms with Crippen molar-refractivity contribution in [3.05, 3.63) is 30.1 Å². The van der Waals surface area contributed by atoms with Crippen molar-refractivity contribution in [3.63, 3.8) is 0 Å². The van der Waals surface area contributed by atoms with Gasteiger partial charge in [0.25, 0.3) is 0 Å². The maximum Gasteiger partial charge on any atom is 0.420 e. The summed E-state index contributed by atoms with van der Waals surface area (Å²) in [6.07, 6.45) is 6.41. The third kappa shape index (κ3) is 4.81. The molecule has 2 aromatic heterocycles. The Morgan fingerprint density at radius 2 is 1.81 bits per heavy atom. The SMILES string of the molecule is CC(C)(C)OC(=O)[C@@H](Cc1cn(C(=O)OC(C)(C)C)c2ncccc12)N=C1C[C@H]2CC[C@]1(C)C2(C)C. The summed E-state index contributed by atoms with van der Waals surface area (Å²) in [6, 6.07) is 3.04. The van der Waals surface area contributed by atoms with Crippen LogP contribution in [0.3, 0.4) is 0 Å². The number of pyridine rings is 1. The minimum absolute atomic E-state index is 0.0238. The lowest BCUT2D eigenvalue weighted by molar-refractivity contribution is -0.156. The van der Waals surface area contributed by atoms with Crippen LogP contribution >= 0.6 is 0 Å². The van der Waals surface area contributed by atoms with Crippen molar-refractivity contribution < 1.29 is 19.1 Å². The second-order valence-corrected chi connectivity index (χ2v) is 13.2. The smallest absolute Gasteiger partial charge is 0.420 e. The number of nitrogens with zero attached hydrogens (tertiary/aromatic N) is 3. The maximum absolute atomic E-state index is 13.4. The Hall–Kier alpha value is -2.70. The highest BCUT2D eigenvalue weighted by Gasteiger charge is 2.60. The number of fused-ring (bicyclic) bond motifs is 3. The molecule has 7 nitrogen and oxygen atoms in total. The van der Waals surface area contributed by atoms with Crippen LogP contribution in [-0.4, -0.2) is 44.6 Å². The first-order valence-electron chi connectivity index (χ1n) is 13.0. The number of hydrogen-bond donors (Lipinski definition) is 0. The minimum Gasteiger partial charge on any atom is -0.458 e. The molecule has 2 aliphatic carbocycles. The normalized spacial score (nSPS) is 25.4. The van der Waals surface area contributed by atoms with Crippen molar-refractivity contribution in [2.75, 3.05) is 0 Å². The van der Waals surface area contributed by atoms with E-state index in [-0.39, 0.29) is 16.8 Å². The number of aliphatic imine (C=N–C) groups is 1. The van der Waals surface area contributed by atoms with Crippen LogP contribution in [0.15, 0.2) is 29.5 Å². The van der Waals surface area contributed by atoms with E-state index in [9.17, 15) is 9.59 Å². The van der Waals surface area contributed by atoms with E-state index in [1.807, 2.05) is 53.7 Å². The van der Waals surface area contributed by atoms with E-state index >= 15 is 0 Å². The predicted molar refractivity (Wildman–Crippen MR) is 141 cm³/mol. The van der Waals surface area contributed by atoms with E-state index in [2.05, 4.69) is 25.8 Å². The molecule has 2 saturated carbocycles. The molecule has 2 heterocycles. The Kier molecular flexibility index (Phi) is 6.37. The van der Waals surface area contributed by atoms with Gasteiger partial charge in [-0.1, -0.05) is 20.8 Å². The molecule has 196 valence electrons. The van der Waals surface area contributed by atoms with Gasteiger partial charge < -0.3 is 9.47 Å². The van der Waals surface area contributed by atoms with Crippen molar-refractivity contribution in [1.29, 1.82) is 0 Å². The number of ether oxygens (including phenoxy) is 2. The summed E-state index contributed by atoms with van der Waals surface area (Å²) in [7, 11) is 0. The van der Waals surface area contributed by atoms with Crippen molar-refractivity contribution >= 4 is 28.8 Å². The van der Waals surface area contributed by atoms with Crippen molar-refractivity contribution in [1.82, 2.24) is 9.55 Å². The van der Waals surface area contributed by atoms with E-state index in [1.54, 1.807) is 12.4 Å². The Morgan fingerprint density at radius 1 is 1.14 bits per heavy atom. The second kappa shape index (κ2) is 8.70. The lowest BCUT2D eigenvalue weighted by atomic mass is 9.70. The Balaban J connectivity index is 1.74. The van der Waals surface area contributed by atoms with Gasteiger partial charge in [0.1, 0.15) is 16.8 Å². The van der Waals surface area contributed by atoms with Crippen LogP contribution in [0, 0.1) is 16.7 Å². The van der Waals surface area contributed by atoms with Crippen LogP contribution in [0.25, 0.3) is 11.0 Å². The Bertz CT molecular complexity index is 1210. The molecule has 2 aromatic rings. The molecule has 0 aliphatic heterocycles. The van der Waals surface area contributed by atoms with Crippen molar-refractivity contribution in [3.8, 4) is 0 Å². The topological polar surface area (TPSA) is 82.8 Å². The average molecular weight is 496 g/mol. The molecule has 0 saturated heterocycles. The van der Waals surface area contributed by atoms with Crippen LogP contribution in [-0.2, 0) is 20.7 Å². The molecule has 0 spiro atoms. The molecular weight excluding hydrogens is 454 g/mol. The molecule has 2 fully saturated rings. The number of esters is 1. The average Bonchev–Trinajstić information content (AvgIpc) is 3.27. The summed E-state index contributed by atoms with van der Waals surface area (Å²) >= 11 is 0. The van der Waals surface area contributed by atoms with Gasteiger partial charge in [0.2, 0.25) is 0 Å². The van der Waals surface area contributed by atoms with Gasteiger partial charge >= 0.3 is 12.1 Å². The zero-order chi connectivity index (χ0) is 26.7. The third-order valence-electron chi connectivity index (χ3n) is 8.15. The molecule has 0 radical (unpaired) electrons. The second-order valence-electron chi connectivity index (χ2n) is 13.2. The number of carbonyl (C=O) groups excluding carboxylic acids is 2.